The Morgan fingerprint density at radius 2 is 2.05 bits per heavy atom. The van der Waals surface area contributed by atoms with Gasteiger partial charge in [0.15, 0.2) is 10.9 Å². The van der Waals surface area contributed by atoms with Crippen LogP contribution in [0.1, 0.15) is 18.4 Å². The highest BCUT2D eigenvalue weighted by atomic mass is 32.1. The van der Waals surface area contributed by atoms with E-state index in [1.807, 2.05) is 24.3 Å². The number of nitrogen functional groups attached to an aromatic ring is 1. The van der Waals surface area contributed by atoms with Gasteiger partial charge >= 0.3 is 6.01 Å². The maximum Gasteiger partial charge on any atom is 0.319 e. The van der Waals surface area contributed by atoms with E-state index in [0.29, 0.717) is 51.2 Å². The minimum Gasteiger partial charge on any atom is -0.462 e. The van der Waals surface area contributed by atoms with E-state index >= 15 is 4.39 Å². The molecule has 4 aromatic rings. The number of para-hydroxylation sites is 1. The molecule has 0 saturated carbocycles. The van der Waals surface area contributed by atoms with Crippen molar-refractivity contribution in [2.45, 2.75) is 18.9 Å². The quantitative estimate of drug-likeness (QED) is 0.393. The van der Waals surface area contributed by atoms with Crippen LogP contribution >= 0.6 is 11.3 Å². The van der Waals surface area contributed by atoms with Crippen LogP contribution in [0.5, 0.6) is 6.01 Å². The molecule has 1 unspecified atom stereocenters. The highest BCUT2D eigenvalue weighted by Gasteiger charge is 2.26. The first-order valence-corrected chi connectivity index (χ1v) is 13.5. The van der Waals surface area contributed by atoms with Gasteiger partial charge in [-0.2, -0.15) is 9.97 Å². The van der Waals surface area contributed by atoms with E-state index in [9.17, 15) is 0 Å². The van der Waals surface area contributed by atoms with Crippen molar-refractivity contribution in [1.29, 1.82) is 0 Å². The number of anilines is 2. The summed E-state index contributed by atoms with van der Waals surface area (Å²) in [5, 5.41) is 4.46. The molecule has 192 valence electrons. The van der Waals surface area contributed by atoms with Crippen molar-refractivity contribution in [3.8, 4) is 17.1 Å². The third kappa shape index (κ3) is 4.39. The molecule has 37 heavy (non-hydrogen) atoms. The van der Waals surface area contributed by atoms with Crippen LogP contribution < -0.4 is 20.7 Å². The van der Waals surface area contributed by atoms with Crippen molar-refractivity contribution in [3.63, 3.8) is 0 Å². The topological polar surface area (TPSA) is 92.4 Å². The number of piperazine rings is 1. The molecule has 2 fully saturated rings. The van der Waals surface area contributed by atoms with Crippen molar-refractivity contribution in [2.24, 2.45) is 0 Å². The molecule has 4 heterocycles. The summed E-state index contributed by atoms with van der Waals surface area (Å²) >= 11 is 1.38. The van der Waals surface area contributed by atoms with Crippen molar-refractivity contribution < 1.29 is 9.13 Å². The van der Waals surface area contributed by atoms with Crippen LogP contribution in [0.2, 0.25) is 0 Å². The monoisotopic (exact) mass is 519 g/mol. The molecule has 6 rings (SSSR count). The van der Waals surface area contributed by atoms with Crippen molar-refractivity contribution in [3.05, 3.63) is 42.2 Å². The van der Waals surface area contributed by atoms with Gasteiger partial charge in [-0.1, -0.05) is 36.1 Å². The molecule has 2 saturated heterocycles. The molecule has 0 amide bonds. The molecule has 0 radical (unpaired) electrons. The lowest BCUT2D eigenvalue weighted by Gasteiger charge is -2.30. The Morgan fingerprint density at radius 3 is 2.81 bits per heavy atom. The first kappa shape index (κ1) is 24.0. The number of halogens is 1. The number of hydrogen-bond donors (Lipinski definition) is 2. The first-order valence-electron chi connectivity index (χ1n) is 12.6. The second-order valence-corrected chi connectivity index (χ2v) is 10.7. The molecule has 0 spiro atoms. The minimum absolute atomic E-state index is 0.202. The van der Waals surface area contributed by atoms with Gasteiger partial charge < -0.3 is 25.6 Å². The molecule has 0 aliphatic carbocycles. The van der Waals surface area contributed by atoms with E-state index in [-0.39, 0.29) is 11.5 Å². The Balaban J connectivity index is 1.53. The molecule has 3 N–H and O–H groups in total. The number of benzene rings is 2. The summed E-state index contributed by atoms with van der Waals surface area (Å²) in [6, 6.07) is 8.14. The fourth-order valence-corrected chi connectivity index (χ4v) is 6.12. The standard InChI is InChI=1S/C27H30FN7OS/c1-3-16-14-19-24(22(28)21(16)18-7-4-8-20-23(18)31-26(29)37-20)32-27(36-15-17-6-5-11-34(17)2)33-25(19)35-12-9-30-10-13-35/h3-4,7-8,14,17,30H,1,5-6,9-13,15H2,2H3,(H2,29,31). The Labute approximate surface area is 219 Å². The molecule has 2 aliphatic rings. The number of nitrogens with one attached hydrogen (secondary N) is 1. The summed E-state index contributed by atoms with van der Waals surface area (Å²) in [7, 11) is 2.10. The van der Waals surface area contributed by atoms with Gasteiger partial charge in [-0.25, -0.2) is 9.37 Å². The van der Waals surface area contributed by atoms with Crippen molar-refractivity contribution in [2.75, 3.05) is 57.0 Å². The summed E-state index contributed by atoms with van der Waals surface area (Å²) in [6.45, 7) is 8.70. The van der Waals surface area contributed by atoms with Crippen LogP contribution in [0.15, 0.2) is 30.8 Å². The smallest absolute Gasteiger partial charge is 0.319 e. The zero-order valence-electron chi connectivity index (χ0n) is 20.8. The predicted molar refractivity (Wildman–Crippen MR) is 149 cm³/mol. The fourth-order valence-electron chi connectivity index (χ4n) is 5.36. The maximum atomic E-state index is 16.6. The molecule has 1 atom stereocenters. The van der Waals surface area contributed by atoms with Gasteiger partial charge in [0.25, 0.3) is 0 Å². The molecular weight excluding hydrogens is 489 g/mol. The summed E-state index contributed by atoms with van der Waals surface area (Å²) in [6.07, 6.45) is 3.88. The highest BCUT2D eigenvalue weighted by Crippen LogP contribution is 2.40. The molecule has 0 bridgehead atoms. The van der Waals surface area contributed by atoms with Gasteiger partial charge in [-0.15, -0.1) is 0 Å². The average Bonchev–Trinajstić information content (AvgIpc) is 3.51. The van der Waals surface area contributed by atoms with Crippen molar-refractivity contribution in [1.82, 2.24) is 25.2 Å². The van der Waals surface area contributed by atoms with Crippen LogP contribution in [0.4, 0.5) is 15.3 Å². The zero-order valence-corrected chi connectivity index (χ0v) is 21.7. The van der Waals surface area contributed by atoms with Gasteiger partial charge in [0.1, 0.15) is 17.9 Å². The number of thiazole rings is 1. The van der Waals surface area contributed by atoms with E-state index in [1.54, 1.807) is 6.08 Å². The van der Waals surface area contributed by atoms with E-state index in [4.69, 9.17) is 15.5 Å². The van der Waals surface area contributed by atoms with Crippen LogP contribution in [0, 0.1) is 5.82 Å². The van der Waals surface area contributed by atoms with E-state index in [2.05, 4.69) is 38.7 Å². The van der Waals surface area contributed by atoms with Gasteiger partial charge in [0.2, 0.25) is 0 Å². The van der Waals surface area contributed by atoms with Crippen molar-refractivity contribution >= 4 is 49.5 Å². The normalized spacial score (nSPS) is 18.6. The van der Waals surface area contributed by atoms with E-state index in [0.717, 1.165) is 50.3 Å². The number of ether oxygens (including phenoxy) is 1. The summed E-state index contributed by atoms with van der Waals surface area (Å²) in [5.41, 5.74) is 8.63. The first-order chi connectivity index (χ1) is 18.0. The number of likely N-dealkylation sites (N-methyl/N-ethyl adjacent to an activating group) is 1. The number of aromatic nitrogens is 3. The Hall–Kier alpha value is -3.34. The van der Waals surface area contributed by atoms with Crippen LogP contribution in [0.3, 0.4) is 0 Å². The second kappa shape index (κ2) is 9.85. The minimum atomic E-state index is -0.437. The van der Waals surface area contributed by atoms with Crippen LogP contribution in [0.25, 0.3) is 38.3 Å². The number of nitrogens with two attached hydrogens (primary N) is 1. The largest absolute Gasteiger partial charge is 0.462 e. The molecule has 2 aromatic carbocycles. The SMILES string of the molecule is C=Cc1cc2c(N3CCNCC3)nc(OCC3CCCN3C)nc2c(F)c1-c1cccc2sc(N)nc12. The Bertz CT molecular complexity index is 1480. The number of fused-ring (bicyclic) bond motifs is 2. The number of nitrogens with zero attached hydrogens (tertiary/aromatic N) is 5. The number of hydrogen-bond acceptors (Lipinski definition) is 9. The molecule has 8 nitrogen and oxygen atoms in total. The van der Waals surface area contributed by atoms with E-state index < -0.39 is 5.82 Å². The predicted octanol–water partition coefficient (Wildman–Crippen LogP) is 4.15. The second-order valence-electron chi connectivity index (χ2n) is 9.61. The maximum absolute atomic E-state index is 16.6. The Morgan fingerprint density at radius 1 is 1.22 bits per heavy atom. The molecule has 10 heteroatoms. The summed E-state index contributed by atoms with van der Waals surface area (Å²) < 4.78 is 23.6. The highest BCUT2D eigenvalue weighted by molar-refractivity contribution is 7.22. The lowest BCUT2D eigenvalue weighted by atomic mass is 9.95. The van der Waals surface area contributed by atoms with Gasteiger partial charge in [-0.05, 0) is 44.1 Å². The zero-order chi connectivity index (χ0) is 25.5. The fraction of sp³-hybridized carbons (Fsp3) is 0.370. The van der Waals surface area contributed by atoms with E-state index in [1.165, 1.54) is 11.3 Å². The van der Waals surface area contributed by atoms with Crippen LogP contribution in [-0.2, 0) is 0 Å². The lowest BCUT2D eigenvalue weighted by Crippen LogP contribution is -2.44. The molecular formula is C27H30FN7OS. The molecule has 2 aromatic heterocycles. The van der Waals surface area contributed by atoms with Crippen LogP contribution in [-0.4, -0.2) is 72.3 Å². The lowest BCUT2D eigenvalue weighted by molar-refractivity contribution is 0.188. The average molecular weight is 520 g/mol. The number of rotatable bonds is 6. The van der Waals surface area contributed by atoms with Gasteiger partial charge in [-0.3, -0.25) is 0 Å². The number of likely N-dealkylation sites (tertiary alicyclic amines) is 1. The molecule has 2 aliphatic heterocycles. The summed E-state index contributed by atoms with van der Waals surface area (Å²) in [5.74, 6) is 0.249. The third-order valence-corrected chi connectivity index (χ3v) is 8.19. The van der Waals surface area contributed by atoms with Gasteiger partial charge in [0, 0.05) is 48.7 Å². The summed E-state index contributed by atoms with van der Waals surface area (Å²) in [4.78, 5) is 18.4. The van der Waals surface area contributed by atoms with Gasteiger partial charge in [0.05, 0.1) is 10.2 Å². The third-order valence-electron chi connectivity index (χ3n) is 7.34. The Kier molecular flexibility index (Phi) is 6.39.